The van der Waals surface area contributed by atoms with Crippen molar-refractivity contribution in [2.45, 2.75) is 0 Å². The standard InChI is InChI=1S/C8H6N2O2S2/c11-7-5-14-8(13)10(7)9-4-6-2-1-3-12-6/h1-4H,5H2/b9-4-. The van der Waals surface area contributed by atoms with Crippen molar-refractivity contribution in [2.24, 2.45) is 5.10 Å². The zero-order chi connectivity index (χ0) is 9.97. The molecule has 1 saturated heterocycles. The maximum atomic E-state index is 11.2. The molecule has 1 aliphatic rings. The van der Waals surface area contributed by atoms with Crippen molar-refractivity contribution in [3.8, 4) is 0 Å². The van der Waals surface area contributed by atoms with E-state index < -0.39 is 0 Å². The van der Waals surface area contributed by atoms with Gasteiger partial charge in [0.2, 0.25) is 0 Å². The molecule has 72 valence electrons. The van der Waals surface area contributed by atoms with Gasteiger partial charge in [0, 0.05) is 0 Å². The van der Waals surface area contributed by atoms with Crippen LogP contribution in [0.1, 0.15) is 5.76 Å². The fourth-order valence-electron chi connectivity index (χ4n) is 0.938. The molecule has 0 aromatic carbocycles. The summed E-state index contributed by atoms with van der Waals surface area (Å²) in [6, 6.07) is 3.50. The Kier molecular flexibility index (Phi) is 2.64. The Morgan fingerprint density at radius 2 is 2.57 bits per heavy atom. The van der Waals surface area contributed by atoms with Crippen molar-refractivity contribution >= 4 is 40.4 Å². The molecule has 0 aliphatic carbocycles. The Morgan fingerprint density at radius 1 is 1.71 bits per heavy atom. The van der Waals surface area contributed by atoms with Crippen LogP contribution < -0.4 is 0 Å². The van der Waals surface area contributed by atoms with Gasteiger partial charge in [0.15, 0.2) is 4.32 Å². The highest BCUT2D eigenvalue weighted by Gasteiger charge is 2.25. The quantitative estimate of drug-likeness (QED) is 0.566. The third-order valence-electron chi connectivity index (χ3n) is 1.57. The minimum absolute atomic E-state index is 0.0946. The maximum Gasteiger partial charge on any atom is 0.259 e. The van der Waals surface area contributed by atoms with E-state index in [1.807, 2.05) is 0 Å². The summed E-state index contributed by atoms with van der Waals surface area (Å²) in [5.41, 5.74) is 0. The number of rotatable bonds is 2. The van der Waals surface area contributed by atoms with E-state index in [1.165, 1.54) is 23.0 Å². The molecule has 14 heavy (non-hydrogen) atoms. The molecule has 0 unspecified atom stereocenters. The van der Waals surface area contributed by atoms with Crippen molar-refractivity contribution < 1.29 is 9.21 Å². The van der Waals surface area contributed by atoms with E-state index in [0.29, 0.717) is 15.8 Å². The molecule has 0 atom stereocenters. The minimum Gasteiger partial charge on any atom is -0.463 e. The zero-order valence-corrected chi connectivity index (χ0v) is 8.68. The van der Waals surface area contributed by atoms with E-state index >= 15 is 0 Å². The van der Waals surface area contributed by atoms with Crippen molar-refractivity contribution in [2.75, 3.05) is 5.75 Å². The summed E-state index contributed by atoms with van der Waals surface area (Å²) in [6.07, 6.45) is 3.01. The number of amides is 1. The van der Waals surface area contributed by atoms with Gasteiger partial charge in [-0.3, -0.25) is 4.79 Å². The first-order valence-corrected chi connectivity index (χ1v) is 5.24. The lowest BCUT2D eigenvalue weighted by molar-refractivity contribution is -0.123. The van der Waals surface area contributed by atoms with E-state index in [0.717, 1.165) is 0 Å². The molecule has 1 fully saturated rings. The van der Waals surface area contributed by atoms with Gasteiger partial charge < -0.3 is 4.42 Å². The fourth-order valence-corrected chi connectivity index (χ4v) is 1.90. The van der Waals surface area contributed by atoms with Gasteiger partial charge in [-0.15, -0.1) is 0 Å². The number of thioether (sulfide) groups is 1. The molecule has 0 N–H and O–H groups in total. The summed E-state index contributed by atoms with van der Waals surface area (Å²) in [5, 5.41) is 5.14. The molecule has 0 bridgehead atoms. The smallest absolute Gasteiger partial charge is 0.259 e. The van der Waals surface area contributed by atoms with Gasteiger partial charge in [-0.2, -0.15) is 10.1 Å². The lowest BCUT2D eigenvalue weighted by Gasteiger charge is -2.05. The van der Waals surface area contributed by atoms with Gasteiger partial charge in [-0.05, 0) is 12.1 Å². The van der Waals surface area contributed by atoms with Gasteiger partial charge in [-0.1, -0.05) is 24.0 Å². The molecule has 1 aromatic heterocycles. The molecule has 2 heterocycles. The van der Waals surface area contributed by atoms with Crippen molar-refractivity contribution in [1.82, 2.24) is 5.01 Å². The van der Waals surface area contributed by atoms with Crippen LogP contribution in [0, 0.1) is 0 Å². The van der Waals surface area contributed by atoms with Crippen LogP contribution in [0.5, 0.6) is 0 Å². The average Bonchev–Trinajstić information content (AvgIpc) is 2.76. The summed E-state index contributed by atoms with van der Waals surface area (Å²) >= 11 is 6.25. The van der Waals surface area contributed by atoms with Gasteiger partial charge in [0.05, 0.1) is 18.2 Å². The number of nitrogens with zero attached hydrogens (tertiary/aromatic N) is 2. The van der Waals surface area contributed by atoms with Crippen LogP contribution in [0.3, 0.4) is 0 Å². The molecule has 0 saturated carbocycles. The first-order chi connectivity index (χ1) is 6.77. The Balaban J connectivity index is 2.10. The number of carbonyl (C=O) groups excluding carboxylic acids is 1. The highest BCUT2D eigenvalue weighted by molar-refractivity contribution is 8.23. The van der Waals surface area contributed by atoms with Gasteiger partial charge >= 0.3 is 0 Å². The Bertz CT molecular complexity index is 370. The second-order valence-corrected chi connectivity index (χ2v) is 4.13. The first kappa shape index (κ1) is 9.42. The highest BCUT2D eigenvalue weighted by Crippen LogP contribution is 2.19. The van der Waals surface area contributed by atoms with E-state index in [2.05, 4.69) is 5.10 Å². The second-order valence-electron chi connectivity index (χ2n) is 2.52. The normalized spacial score (nSPS) is 17.3. The second kappa shape index (κ2) is 3.93. The Morgan fingerprint density at radius 3 is 3.14 bits per heavy atom. The van der Waals surface area contributed by atoms with Crippen LogP contribution >= 0.6 is 24.0 Å². The predicted octanol–water partition coefficient (Wildman–Crippen LogP) is 1.47. The van der Waals surface area contributed by atoms with E-state index in [-0.39, 0.29) is 5.91 Å². The topological polar surface area (TPSA) is 45.8 Å². The summed E-state index contributed by atoms with van der Waals surface area (Å²) in [5.74, 6) is 0.870. The van der Waals surface area contributed by atoms with Crippen LogP contribution in [-0.2, 0) is 4.79 Å². The van der Waals surface area contributed by atoms with Crippen LogP contribution in [0.2, 0.25) is 0 Å². The third kappa shape index (κ3) is 1.85. The molecule has 0 spiro atoms. The summed E-state index contributed by atoms with van der Waals surface area (Å²) in [7, 11) is 0. The molecule has 6 heteroatoms. The number of thiocarbonyl (C=S) groups is 1. The largest absolute Gasteiger partial charge is 0.463 e. The molecule has 0 radical (unpaired) electrons. The van der Waals surface area contributed by atoms with Crippen molar-refractivity contribution in [3.05, 3.63) is 24.2 Å². The molecule has 1 aromatic rings. The maximum absolute atomic E-state index is 11.2. The predicted molar refractivity (Wildman–Crippen MR) is 58.2 cm³/mol. The number of hydrazone groups is 1. The summed E-state index contributed by atoms with van der Waals surface area (Å²) < 4.78 is 5.51. The van der Waals surface area contributed by atoms with E-state index in [9.17, 15) is 4.79 Å². The van der Waals surface area contributed by atoms with E-state index in [4.69, 9.17) is 16.6 Å². The molecule has 4 nitrogen and oxygen atoms in total. The Hall–Kier alpha value is -1.14. The number of furan rings is 1. The van der Waals surface area contributed by atoms with Gasteiger partial charge in [0.1, 0.15) is 5.76 Å². The molecule has 2 rings (SSSR count). The number of hydrogen-bond donors (Lipinski definition) is 0. The SMILES string of the molecule is O=C1CSC(=S)N1/N=C\c1ccco1. The number of carbonyl (C=O) groups is 1. The van der Waals surface area contributed by atoms with Crippen LogP contribution in [0.15, 0.2) is 27.9 Å². The lowest BCUT2D eigenvalue weighted by Crippen LogP contribution is -2.22. The van der Waals surface area contributed by atoms with Crippen LogP contribution in [0.25, 0.3) is 0 Å². The van der Waals surface area contributed by atoms with Crippen LogP contribution in [0.4, 0.5) is 0 Å². The molecule has 1 amide bonds. The van der Waals surface area contributed by atoms with Gasteiger partial charge in [0.25, 0.3) is 5.91 Å². The Labute approximate surface area is 89.9 Å². The third-order valence-corrected chi connectivity index (χ3v) is 2.91. The van der Waals surface area contributed by atoms with E-state index in [1.54, 1.807) is 18.4 Å². The van der Waals surface area contributed by atoms with Crippen molar-refractivity contribution in [1.29, 1.82) is 0 Å². The first-order valence-electron chi connectivity index (χ1n) is 3.84. The summed E-state index contributed by atoms with van der Waals surface area (Å²) in [6.45, 7) is 0. The summed E-state index contributed by atoms with van der Waals surface area (Å²) in [4.78, 5) is 11.2. The highest BCUT2D eigenvalue weighted by atomic mass is 32.2. The van der Waals surface area contributed by atoms with Gasteiger partial charge in [-0.25, -0.2) is 0 Å². The number of hydrogen-bond acceptors (Lipinski definition) is 5. The monoisotopic (exact) mass is 226 g/mol. The molecular weight excluding hydrogens is 220 g/mol. The molecule has 1 aliphatic heterocycles. The fraction of sp³-hybridized carbons (Fsp3) is 0.125. The minimum atomic E-state index is -0.0946. The molecular formula is C8H6N2O2S2. The average molecular weight is 226 g/mol. The van der Waals surface area contributed by atoms with Crippen molar-refractivity contribution in [3.63, 3.8) is 0 Å². The zero-order valence-electron chi connectivity index (χ0n) is 7.04. The lowest BCUT2D eigenvalue weighted by atomic mass is 10.5. The van der Waals surface area contributed by atoms with Crippen LogP contribution in [-0.4, -0.2) is 27.2 Å².